The maximum atomic E-state index is 12.5. The van der Waals surface area contributed by atoms with Crippen molar-refractivity contribution < 1.29 is 19.2 Å². The first kappa shape index (κ1) is 25.3. The highest BCUT2D eigenvalue weighted by Gasteiger charge is 2.24. The maximum absolute atomic E-state index is 12.5. The molecule has 0 unspecified atom stereocenters. The van der Waals surface area contributed by atoms with E-state index in [9.17, 15) is 14.9 Å². The van der Waals surface area contributed by atoms with E-state index in [-0.39, 0.29) is 23.2 Å². The monoisotopic (exact) mass is 523 g/mol. The van der Waals surface area contributed by atoms with Crippen LogP contribution in [0.1, 0.15) is 23.6 Å². The van der Waals surface area contributed by atoms with Crippen LogP contribution in [0.2, 0.25) is 5.02 Å². The molecule has 1 aliphatic rings. The Bertz CT molecular complexity index is 1370. The number of hydrogen-bond acceptors (Lipinski definition) is 7. The van der Waals surface area contributed by atoms with Gasteiger partial charge >= 0.3 is 0 Å². The number of benzene rings is 3. The Balaban J connectivity index is 1.51. The van der Waals surface area contributed by atoms with Crippen LogP contribution in [-0.2, 0) is 17.8 Å². The number of carbonyl (C=O) groups excluding carboxylic acids is 1. The van der Waals surface area contributed by atoms with Crippen molar-refractivity contribution in [2.75, 3.05) is 7.11 Å². The van der Waals surface area contributed by atoms with E-state index in [1.54, 1.807) is 30.3 Å². The van der Waals surface area contributed by atoms with Crippen molar-refractivity contribution in [1.82, 2.24) is 5.32 Å². The molecule has 4 rings (SSSR count). The number of aryl methyl sites for hydroxylation is 1. The summed E-state index contributed by atoms with van der Waals surface area (Å²) in [5, 5.41) is 14.5. The van der Waals surface area contributed by atoms with Crippen molar-refractivity contribution in [3.8, 4) is 11.5 Å². The van der Waals surface area contributed by atoms with Gasteiger partial charge in [0.05, 0.1) is 27.6 Å². The number of non-ortho nitro benzene ring substituents is 1. The van der Waals surface area contributed by atoms with Gasteiger partial charge in [-0.2, -0.15) is 0 Å². The standard InChI is InChI=1S/C26H22ClN3O5S/c1-3-16-7-9-19(10-8-16)28-26-29-25(31)23(36-26)14-18-12-21(27)24(22(13-18)34-2)35-15-17-5-4-6-20(11-17)30(32)33/h4-14H,3,15H2,1-2H3,(H,28,29,31)/b23-14+. The van der Waals surface area contributed by atoms with Gasteiger partial charge in [0.15, 0.2) is 16.7 Å². The topological polar surface area (TPSA) is 103 Å². The summed E-state index contributed by atoms with van der Waals surface area (Å²) < 4.78 is 11.3. The van der Waals surface area contributed by atoms with Crippen molar-refractivity contribution in [1.29, 1.82) is 0 Å². The fourth-order valence-electron chi connectivity index (χ4n) is 3.43. The number of nitrogens with zero attached hydrogens (tertiary/aromatic N) is 2. The molecule has 0 radical (unpaired) electrons. The van der Waals surface area contributed by atoms with Crippen LogP contribution in [0.3, 0.4) is 0 Å². The minimum absolute atomic E-state index is 0.0237. The molecule has 1 aliphatic heterocycles. The predicted molar refractivity (Wildman–Crippen MR) is 142 cm³/mol. The van der Waals surface area contributed by atoms with Crippen molar-refractivity contribution in [2.24, 2.45) is 4.99 Å². The third-order valence-corrected chi connectivity index (χ3v) is 6.47. The quantitative estimate of drug-likeness (QED) is 0.211. The van der Waals surface area contributed by atoms with Gasteiger partial charge in [-0.05, 0) is 65.2 Å². The molecule has 0 spiro atoms. The maximum Gasteiger partial charge on any atom is 0.269 e. The zero-order valence-electron chi connectivity index (χ0n) is 19.5. The smallest absolute Gasteiger partial charge is 0.269 e. The molecule has 0 aromatic heterocycles. The lowest BCUT2D eigenvalue weighted by Crippen LogP contribution is -2.19. The summed E-state index contributed by atoms with van der Waals surface area (Å²) in [6.07, 6.45) is 2.64. The van der Waals surface area contributed by atoms with Gasteiger partial charge in [-0.1, -0.05) is 42.8 Å². The molecule has 0 saturated carbocycles. The van der Waals surface area contributed by atoms with E-state index < -0.39 is 4.92 Å². The largest absolute Gasteiger partial charge is 0.493 e. The molecule has 0 atom stereocenters. The van der Waals surface area contributed by atoms with Gasteiger partial charge in [-0.3, -0.25) is 14.9 Å². The van der Waals surface area contributed by atoms with E-state index in [2.05, 4.69) is 17.2 Å². The highest BCUT2D eigenvalue weighted by Crippen LogP contribution is 2.38. The number of nitrogens with one attached hydrogen (secondary N) is 1. The van der Waals surface area contributed by atoms with E-state index in [1.165, 1.54) is 36.6 Å². The lowest BCUT2D eigenvalue weighted by molar-refractivity contribution is -0.384. The van der Waals surface area contributed by atoms with E-state index in [4.69, 9.17) is 21.1 Å². The van der Waals surface area contributed by atoms with Crippen LogP contribution < -0.4 is 14.8 Å². The molecule has 1 saturated heterocycles. The van der Waals surface area contributed by atoms with Crippen molar-refractivity contribution >= 4 is 51.9 Å². The number of aliphatic imine (C=N–C) groups is 1. The summed E-state index contributed by atoms with van der Waals surface area (Å²) in [5.41, 5.74) is 3.20. The van der Waals surface area contributed by atoms with Crippen LogP contribution in [0.4, 0.5) is 11.4 Å². The van der Waals surface area contributed by atoms with Gasteiger partial charge in [0.25, 0.3) is 11.6 Å². The summed E-state index contributed by atoms with van der Waals surface area (Å²) in [4.78, 5) is 28.0. The molecule has 3 aromatic carbocycles. The zero-order chi connectivity index (χ0) is 25.7. The molecule has 0 bridgehead atoms. The molecule has 36 heavy (non-hydrogen) atoms. The first-order valence-electron chi connectivity index (χ1n) is 11.0. The number of nitro benzene ring substituents is 1. The molecular formula is C26H22ClN3O5S. The lowest BCUT2D eigenvalue weighted by Gasteiger charge is -2.13. The average molecular weight is 524 g/mol. The molecule has 1 amide bonds. The van der Waals surface area contributed by atoms with Gasteiger partial charge < -0.3 is 14.8 Å². The molecule has 1 heterocycles. The van der Waals surface area contributed by atoms with Crippen molar-refractivity contribution in [3.05, 3.63) is 97.4 Å². The van der Waals surface area contributed by atoms with Crippen molar-refractivity contribution in [3.63, 3.8) is 0 Å². The molecule has 184 valence electrons. The van der Waals surface area contributed by atoms with Gasteiger partial charge in [-0.25, -0.2) is 4.99 Å². The van der Waals surface area contributed by atoms with Crippen LogP contribution in [-0.4, -0.2) is 23.1 Å². The number of nitro groups is 1. The summed E-state index contributed by atoms with van der Waals surface area (Å²) in [5.74, 6) is 0.409. The highest BCUT2D eigenvalue weighted by atomic mass is 35.5. The molecular weight excluding hydrogens is 502 g/mol. The Morgan fingerprint density at radius 1 is 1.14 bits per heavy atom. The second-order valence-electron chi connectivity index (χ2n) is 7.75. The highest BCUT2D eigenvalue weighted by molar-refractivity contribution is 8.18. The second-order valence-corrected chi connectivity index (χ2v) is 9.19. The van der Waals surface area contributed by atoms with E-state index in [0.717, 1.165) is 12.1 Å². The van der Waals surface area contributed by atoms with Crippen LogP contribution in [0.15, 0.2) is 70.6 Å². The lowest BCUT2D eigenvalue weighted by atomic mass is 10.1. The number of amidine groups is 1. The van der Waals surface area contributed by atoms with Gasteiger partial charge in [0, 0.05) is 12.1 Å². The zero-order valence-corrected chi connectivity index (χ0v) is 21.1. The molecule has 10 heteroatoms. The van der Waals surface area contributed by atoms with Gasteiger partial charge in [0.2, 0.25) is 0 Å². The first-order chi connectivity index (χ1) is 17.4. The Hall–Kier alpha value is -3.82. The van der Waals surface area contributed by atoms with Crippen LogP contribution in [0.25, 0.3) is 6.08 Å². The number of amides is 1. The van der Waals surface area contributed by atoms with E-state index in [0.29, 0.717) is 32.7 Å². The number of halogens is 1. The number of carbonyl (C=O) groups is 1. The molecule has 1 fully saturated rings. The summed E-state index contributed by atoms with van der Waals surface area (Å²) in [6.45, 7) is 2.15. The minimum Gasteiger partial charge on any atom is -0.493 e. The Kier molecular flexibility index (Phi) is 7.92. The van der Waals surface area contributed by atoms with E-state index in [1.807, 2.05) is 24.3 Å². The Morgan fingerprint density at radius 3 is 2.61 bits per heavy atom. The minimum atomic E-state index is -0.464. The molecule has 3 aromatic rings. The van der Waals surface area contributed by atoms with Gasteiger partial charge in [0.1, 0.15) is 6.61 Å². The van der Waals surface area contributed by atoms with Crippen LogP contribution in [0.5, 0.6) is 11.5 Å². The molecule has 8 nitrogen and oxygen atoms in total. The van der Waals surface area contributed by atoms with Gasteiger partial charge in [-0.15, -0.1) is 0 Å². The fourth-order valence-corrected chi connectivity index (χ4v) is 4.55. The second kappa shape index (κ2) is 11.3. The predicted octanol–water partition coefficient (Wildman–Crippen LogP) is 6.29. The molecule has 1 N–H and O–H groups in total. The van der Waals surface area contributed by atoms with Crippen molar-refractivity contribution in [2.45, 2.75) is 20.0 Å². The number of hydrogen-bond donors (Lipinski definition) is 1. The summed E-state index contributed by atoms with van der Waals surface area (Å²) in [6, 6.07) is 17.4. The number of ether oxygens (including phenoxy) is 2. The Morgan fingerprint density at radius 2 is 1.92 bits per heavy atom. The number of thioether (sulfide) groups is 1. The normalized spacial score (nSPS) is 15.2. The molecule has 0 aliphatic carbocycles. The Labute approximate surface area is 217 Å². The summed E-state index contributed by atoms with van der Waals surface area (Å²) >= 11 is 7.70. The summed E-state index contributed by atoms with van der Waals surface area (Å²) in [7, 11) is 1.48. The third kappa shape index (κ3) is 6.05. The average Bonchev–Trinajstić information content (AvgIpc) is 3.21. The SMILES string of the molecule is CCc1ccc(N=C2NC(=O)/C(=C\c3cc(Cl)c(OCc4cccc([N+](=O)[O-])c4)c(OC)c3)S2)cc1. The van der Waals surface area contributed by atoms with Crippen LogP contribution >= 0.6 is 23.4 Å². The first-order valence-corrected chi connectivity index (χ1v) is 12.2. The van der Waals surface area contributed by atoms with E-state index >= 15 is 0 Å². The number of rotatable bonds is 8. The fraction of sp³-hybridized carbons (Fsp3) is 0.154. The van der Waals surface area contributed by atoms with Crippen LogP contribution in [0, 0.1) is 10.1 Å². The third-order valence-electron chi connectivity index (χ3n) is 5.28. The number of methoxy groups -OCH3 is 1.